The van der Waals surface area contributed by atoms with Gasteiger partial charge in [-0.05, 0) is 34.7 Å². The first-order valence-corrected chi connectivity index (χ1v) is 9.29. The van der Waals surface area contributed by atoms with E-state index in [0.29, 0.717) is 6.54 Å². The highest BCUT2D eigenvalue weighted by atomic mass is 35.5. The molecule has 0 aliphatic heterocycles. The lowest BCUT2D eigenvalue weighted by Gasteiger charge is -2.19. The van der Waals surface area contributed by atoms with E-state index in [2.05, 4.69) is 40.6 Å². The lowest BCUT2D eigenvalue weighted by Crippen LogP contribution is -2.21. The molecule has 0 radical (unpaired) electrons. The third kappa shape index (κ3) is 3.65. The van der Waals surface area contributed by atoms with Crippen LogP contribution < -0.4 is 11.1 Å². The van der Waals surface area contributed by atoms with Gasteiger partial charge in [-0.3, -0.25) is 0 Å². The Kier molecular flexibility index (Phi) is 5.05. The first-order valence-electron chi connectivity index (χ1n) is 8.91. The average molecular weight is 374 g/mol. The van der Waals surface area contributed by atoms with Gasteiger partial charge in [-0.1, -0.05) is 72.3 Å². The molecule has 0 saturated heterocycles. The number of nitrogens with two attached hydrogens (primary N) is 1. The predicted octanol–water partition coefficient (Wildman–Crippen LogP) is 5.67. The highest BCUT2D eigenvalue weighted by molar-refractivity contribution is 6.33. The maximum atomic E-state index is 6.39. The molecule has 3 aromatic carbocycles. The topological polar surface area (TPSA) is 50.9 Å². The minimum atomic E-state index is -0.00623. The molecule has 1 heterocycles. The number of nitrogens with zero attached hydrogens (tertiary/aromatic N) is 1. The molecule has 0 aliphatic rings. The van der Waals surface area contributed by atoms with Gasteiger partial charge in [-0.15, -0.1) is 0 Å². The normalized spacial score (nSPS) is 12.1. The minimum Gasteiger partial charge on any atom is -0.361 e. The fourth-order valence-electron chi connectivity index (χ4n) is 3.27. The van der Waals surface area contributed by atoms with Crippen molar-refractivity contribution < 1.29 is 0 Å². The van der Waals surface area contributed by atoms with Gasteiger partial charge in [0, 0.05) is 28.7 Å². The molecule has 0 spiro atoms. The summed E-state index contributed by atoms with van der Waals surface area (Å²) in [5.74, 6) is 0.820. The van der Waals surface area contributed by atoms with E-state index in [1.165, 1.54) is 0 Å². The SMILES string of the molecule is NC[C@H](Nc1nccc2ccc(-c3ccccc3Cl)cc12)c1ccccc1. The Hall–Kier alpha value is -2.88. The van der Waals surface area contributed by atoms with Crippen LogP contribution in [0.1, 0.15) is 11.6 Å². The van der Waals surface area contributed by atoms with E-state index < -0.39 is 0 Å². The van der Waals surface area contributed by atoms with E-state index in [0.717, 1.165) is 38.3 Å². The van der Waals surface area contributed by atoms with Gasteiger partial charge < -0.3 is 11.1 Å². The Morgan fingerprint density at radius 2 is 1.70 bits per heavy atom. The average Bonchev–Trinajstić information content (AvgIpc) is 2.73. The van der Waals surface area contributed by atoms with Crippen LogP contribution in [-0.4, -0.2) is 11.5 Å². The summed E-state index contributed by atoms with van der Waals surface area (Å²) in [6, 6.07) is 26.4. The first kappa shape index (κ1) is 17.5. The predicted molar refractivity (Wildman–Crippen MR) is 114 cm³/mol. The zero-order chi connectivity index (χ0) is 18.6. The van der Waals surface area contributed by atoms with Gasteiger partial charge in [-0.25, -0.2) is 4.98 Å². The van der Waals surface area contributed by atoms with Crippen molar-refractivity contribution in [1.82, 2.24) is 4.98 Å². The van der Waals surface area contributed by atoms with Gasteiger partial charge >= 0.3 is 0 Å². The van der Waals surface area contributed by atoms with E-state index >= 15 is 0 Å². The maximum Gasteiger partial charge on any atom is 0.134 e. The van der Waals surface area contributed by atoms with Gasteiger partial charge in [0.2, 0.25) is 0 Å². The van der Waals surface area contributed by atoms with Crippen LogP contribution in [0.5, 0.6) is 0 Å². The molecule has 4 rings (SSSR count). The molecule has 0 fully saturated rings. The van der Waals surface area contributed by atoms with Crippen LogP contribution >= 0.6 is 11.6 Å². The number of rotatable bonds is 5. The number of anilines is 1. The van der Waals surface area contributed by atoms with Crippen LogP contribution in [0.2, 0.25) is 5.02 Å². The van der Waals surface area contributed by atoms with Crippen LogP contribution in [-0.2, 0) is 0 Å². The molecule has 1 atom stereocenters. The highest BCUT2D eigenvalue weighted by Crippen LogP contribution is 2.32. The van der Waals surface area contributed by atoms with E-state index in [9.17, 15) is 0 Å². The van der Waals surface area contributed by atoms with Crippen LogP contribution in [0.15, 0.2) is 85.1 Å². The molecule has 3 nitrogen and oxygen atoms in total. The first-order chi connectivity index (χ1) is 13.3. The Balaban J connectivity index is 1.77. The summed E-state index contributed by atoms with van der Waals surface area (Å²) in [6.07, 6.45) is 1.82. The number of hydrogen-bond donors (Lipinski definition) is 2. The molecule has 0 unspecified atom stereocenters. The number of fused-ring (bicyclic) bond motifs is 1. The van der Waals surface area contributed by atoms with Gasteiger partial charge in [0.1, 0.15) is 5.82 Å². The summed E-state index contributed by atoms with van der Waals surface area (Å²) < 4.78 is 0. The molecular weight excluding hydrogens is 354 g/mol. The van der Waals surface area contributed by atoms with Crippen molar-refractivity contribution in [3.63, 3.8) is 0 Å². The largest absolute Gasteiger partial charge is 0.361 e. The summed E-state index contributed by atoms with van der Waals surface area (Å²) >= 11 is 6.39. The quantitative estimate of drug-likeness (QED) is 0.474. The van der Waals surface area contributed by atoms with Crippen molar-refractivity contribution in [2.45, 2.75) is 6.04 Å². The van der Waals surface area contributed by atoms with Crippen molar-refractivity contribution in [2.24, 2.45) is 5.73 Å². The number of benzene rings is 3. The molecule has 4 aromatic rings. The second kappa shape index (κ2) is 7.78. The summed E-state index contributed by atoms with van der Waals surface area (Å²) in [6.45, 7) is 0.478. The fourth-order valence-corrected chi connectivity index (χ4v) is 3.52. The Labute approximate surface area is 163 Å². The van der Waals surface area contributed by atoms with Gasteiger partial charge in [-0.2, -0.15) is 0 Å². The molecule has 3 N–H and O–H groups in total. The van der Waals surface area contributed by atoms with Gasteiger partial charge in [0.05, 0.1) is 6.04 Å². The molecular formula is C23H20ClN3. The van der Waals surface area contributed by atoms with E-state index in [-0.39, 0.29) is 6.04 Å². The molecule has 0 amide bonds. The number of aromatic nitrogens is 1. The zero-order valence-corrected chi connectivity index (χ0v) is 15.5. The molecule has 0 bridgehead atoms. The van der Waals surface area contributed by atoms with Crippen molar-refractivity contribution in [1.29, 1.82) is 0 Å². The minimum absolute atomic E-state index is 0.00623. The molecule has 134 valence electrons. The fraction of sp³-hybridized carbons (Fsp3) is 0.0870. The maximum absolute atomic E-state index is 6.39. The van der Waals surface area contributed by atoms with Crippen molar-refractivity contribution >= 4 is 28.2 Å². The van der Waals surface area contributed by atoms with E-state index in [1.54, 1.807) is 0 Å². The third-order valence-corrected chi connectivity index (χ3v) is 5.03. The molecule has 1 aromatic heterocycles. The zero-order valence-electron chi connectivity index (χ0n) is 14.8. The lowest BCUT2D eigenvalue weighted by molar-refractivity contribution is 0.786. The Bertz CT molecular complexity index is 1060. The Morgan fingerprint density at radius 1 is 0.926 bits per heavy atom. The van der Waals surface area contributed by atoms with Crippen molar-refractivity contribution in [3.8, 4) is 11.1 Å². The number of pyridine rings is 1. The van der Waals surface area contributed by atoms with Crippen LogP contribution in [0.3, 0.4) is 0 Å². The van der Waals surface area contributed by atoms with Crippen LogP contribution in [0.25, 0.3) is 21.9 Å². The van der Waals surface area contributed by atoms with Gasteiger partial charge in [0.15, 0.2) is 0 Å². The monoisotopic (exact) mass is 373 g/mol. The Morgan fingerprint density at radius 3 is 2.48 bits per heavy atom. The lowest BCUT2D eigenvalue weighted by atomic mass is 10.0. The molecule has 4 heteroatoms. The van der Waals surface area contributed by atoms with Crippen LogP contribution in [0, 0.1) is 0 Å². The summed E-state index contributed by atoms with van der Waals surface area (Å²) in [4.78, 5) is 4.58. The number of halogens is 1. The standard InChI is InChI=1S/C23H20ClN3/c24-21-9-5-4-8-19(21)18-11-10-16-12-13-26-23(20(16)14-18)27-22(15-25)17-6-2-1-3-7-17/h1-14,22H,15,25H2,(H,26,27)/t22-/m0/s1. The summed E-state index contributed by atoms with van der Waals surface area (Å²) in [5, 5.41) is 6.41. The number of hydrogen-bond acceptors (Lipinski definition) is 3. The second-order valence-electron chi connectivity index (χ2n) is 6.42. The summed E-state index contributed by atoms with van der Waals surface area (Å²) in [7, 11) is 0. The third-order valence-electron chi connectivity index (χ3n) is 4.70. The van der Waals surface area contributed by atoms with E-state index in [4.69, 9.17) is 17.3 Å². The van der Waals surface area contributed by atoms with Crippen molar-refractivity contribution in [3.05, 3.63) is 95.6 Å². The summed E-state index contributed by atoms with van der Waals surface area (Å²) in [5.41, 5.74) is 9.24. The number of nitrogens with one attached hydrogen (secondary N) is 1. The smallest absolute Gasteiger partial charge is 0.134 e. The van der Waals surface area contributed by atoms with E-state index in [1.807, 2.05) is 54.7 Å². The van der Waals surface area contributed by atoms with Gasteiger partial charge in [0.25, 0.3) is 0 Å². The molecule has 0 saturated carbocycles. The highest BCUT2D eigenvalue weighted by Gasteiger charge is 2.13. The molecule has 0 aliphatic carbocycles. The second-order valence-corrected chi connectivity index (χ2v) is 6.83. The molecule has 27 heavy (non-hydrogen) atoms. The van der Waals surface area contributed by atoms with Crippen molar-refractivity contribution in [2.75, 3.05) is 11.9 Å². The van der Waals surface area contributed by atoms with Crippen LogP contribution in [0.4, 0.5) is 5.82 Å².